The highest BCUT2D eigenvalue weighted by Gasteiger charge is 2.37. The van der Waals surface area contributed by atoms with Crippen LogP contribution in [0.4, 0.5) is 5.69 Å². The standard InChI is InChI=1S/C24H29ClN4O6Si/c1-24(2,3)36(5,6)34-10-9-33-21-13-19-16(12-17(21)22(30)26-4)20(7-8-27-19)35-23-18(25)11-15(14-28-23)29(31)32/h7-8,11-14H,9-10H2,1-6H3,(H,26,30). The number of benzene rings is 1. The largest absolute Gasteiger partial charge is 0.490 e. The van der Waals surface area contributed by atoms with Crippen molar-refractivity contribution in [2.75, 3.05) is 20.3 Å². The maximum atomic E-state index is 12.7. The summed E-state index contributed by atoms with van der Waals surface area (Å²) in [6.45, 7) is 11.5. The number of aromatic nitrogens is 2. The number of nitrogens with zero attached hydrogens (tertiary/aromatic N) is 3. The lowest BCUT2D eigenvalue weighted by atomic mass is 10.1. The van der Waals surface area contributed by atoms with Gasteiger partial charge in [0.1, 0.15) is 29.3 Å². The van der Waals surface area contributed by atoms with E-state index in [1.807, 2.05) is 0 Å². The molecule has 1 amide bonds. The van der Waals surface area contributed by atoms with E-state index in [-0.39, 0.29) is 39.7 Å². The molecule has 3 aromatic rings. The third-order valence-corrected chi connectivity index (χ3v) is 10.9. The summed E-state index contributed by atoms with van der Waals surface area (Å²) in [6.07, 6.45) is 2.58. The number of nitrogens with one attached hydrogen (secondary N) is 1. The van der Waals surface area contributed by atoms with E-state index >= 15 is 0 Å². The fourth-order valence-electron chi connectivity index (χ4n) is 3.03. The summed E-state index contributed by atoms with van der Waals surface area (Å²) in [4.78, 5) is 31.3. The van der Waals surface area contributed by atoms with Gasteiger partial charge in [-0.15, -0.1) is 0 Å². The summed E-state index contributed by atoms with van der Waals surface area (Å²) in [5, 5.41) is 14.1. The number of hydrogen-bond donors (Lipinski definition) is 1. The van der Waals surface area contributed by atoms with Gasteiger partial charge in [0.15, 0.2) is 8.32 Å². The summed E-state index contributed by atoms with van der Waals surface area (Å²) in [6, 6.07) is 6.01. The van der Waals surface area contributed by atoms with Crippen molar-refractivity contribution in [3.8, 4) is 17.4 Å². The van der Waals surface area contributed by atoms with Crippen LogP contribution in [0.15, 0.2) is 36.7 Å². The third-order valence-electron chi connectivity index (χ3n) is 6.10. The molecule has 3 rings (SSSR count). The zero-order valence-electron chi connectivity index (χ0n) is 21.0. The lowest BCUT2D eigenvalue weighted by molar-refractivity contribution is -0.385. The summed E-state index contributed by atoms with van der Waals surface area (Å²) in [5.74, 6) is 0.316. The Morgan fingerprint density at radius 1 is 1.17 bits per heavy atom. The normalized spacial score (nSPS) is 11.9. The van der Waals surface area contributed by atoms with E-state index in [9.17, 15) is 14.9 Å². The highest BCUT2D eigenvalue weighted by Crippen LogP contribution is 2.37. The van der Waals surface area contributed by atoms with Crippen molar-refractivity contribution in [2.24, 2.45) is 0 Å². The molecule has 0 aliphatic rings. The Labute approximate surface area is 215 Å². The molecule has 0 radical (unpaired) electrons. The average Bonchev–Trinajstić information content (AvgIpc) is 2.81. The van der Waals surface area contributed by atoms with Gasteiger partial charge in [-0.3, -0.25) is 19.9 Å². The van der Waals surface area contributed by atoms with Crippen LogP contribution in [-0.4, -0.2) is 49.4 Å². The average molecular weight is 533 g/mol. The molecule has 0 aliphatic heterocycles. The van der Waals surface area contributed by atoms with Gasteiger partial charge in [0.05, 0.1) is 22.6 Å². The predicted molar refractivity (Wildman–Crippen MR) is 140 cm³/mol. The number of ether oxygens (including phenoxy) is 2. The number of pyridine rings is 2. The van der Waals surface area contributed by atoms with E-state index in [0.29, 0.717) is 29.0 Å². The van der Waals surface area contributed by atoms with Gasteiger partial charge in [-0.05, 0) is 30.3 Å². The van der Waals surface area contributed by atoms with Gasteiger partial charge in [0.2, 0.25) is 5.88 Å². The SMILES string of the molecule is CNC(=O)c1cc2c(Oc3ncc([N+](=O)[O-])cc3Cl)ccnc2cc1OCCO[Si](C)(C)C(C)(C)C. The zero-order valence-corrected chi connectivity index (χ0v) is 22.8. The molecule has 0 saturated carbocycles. The Bertz CT molecular complexity index is 1300. The van der Waals surface area contributed by atoms with Crippen LogP contribution >= 0.6 is 11.6 Å². The Morgan fingerprint density at radius 3 is 2.50 bits per heavy atom. The lowest BCUT2D eigenvalue weighted by Crippen LogP contribution is -2.41. The molecule has 0 fully saturated rings. The van der Waals surface area contributed by atoms with Crippen LogP contribution in [0.5, 0.6) is 17.4 Å². The van der Waals surface area contributed by atoms with E-state index in [0.717, 1.165) is 12.3 Å². The van der Waals surface area contributed by atoms with Crippen molar-refractivity contribution in [3.63, 3.8) is 0 Å². The van der Waals surface area contributed by atoms with Crippen LogP contribution in [0.2, 0.25) is 23.2 Å². The minimum absolute atomic E-state index is 0.0145. The van der Waals surface area contributed by atoms with Crippen LogP contribution in [-0.2, 0) is 4.43 Å². The van der Waals surface area contributed by atoms with Gasteiger partial charge in [-0.2, -0.15) is 0 Å². The minimum atomic E-state index is -1.93. The first-order valence-corrected chi connectivity index (χ1v) is 14.5. The van der Waals surface area contributed by atoms with Gasteiger partial charge in [0.25, 0.3) is 11.6 Å². The molecule has 2 heterocycles. The molecule has 0 bridgehead atoms. The summed E-state index contributed by atoms with van der Waals surface area (Å²) < 4.78 is 18.0. The van der Waals surface area contributed by atoms with Gasteiger partial charge in [-0.25, -0.2) is 4.98 Å². The number of nitro groups is 1. The topological polar surface area (TPSA) is 126 Å². The third kappa shape index (κ3) is 6.09. The number of hydrogen-bond acceptors (Lipinski definition) is 8. The smallest absolute Gasteiger partial charge is 0.289 e. The quantitative estimate of drug-likeness (QED) is 0.160. The van der Waals surface area contributed by atoms with Crippen LogP contribution in [0.25, 0.3) is 10.9 Å². The molecule has 12 heteroatoms. The number of amides is 1. The number of fused-ring (bicyclic) bond motifs is 1. The second kappa shape index (κ2) is 10.8. The second-order valence-electron chi connectivity index (χ2n) is 9.55. The molecule has 0 saturated heterocycles. The number of carbonyl (C=O) groups excluding carboxylic acids is 1. The van der Waals surface area contributed by atoms with Crippen molar-refractivity contribution in [1.82, 2.24) is 15.3 Å². The van der Waals surface area contributed by atoms with E-state index in [2.05, 4.69) is 49.1 Å². The fraction of sp³-hybridized carbons (Fsp3) is 0.375. The first-order chi connectivity index (χ1) is 16.8. The van der Waals surface area contributed by atoms with Crippen LogP contribution in [0.3, 0.4) is 0 Å². The fourth-order valence-corrected chi connectivity index (χ4v) is 4.25. The minimum Gasteiger partial charge on any atom is -0.490 e. The molecule has 0 atom stereocenters. The van der Waals surface area contributed by atoms with Crippen molar-refractivity contribution in [3.05, 3.63) is 57.4 Å². The van der Waals surface area contributed by atoms with Crippen molar-refractivity contribution in [2.45, 2.75) is 38.9 Å². The van der Waals surface area contributed by atoms with E-state index in [4.69, 9.17) is 25.5 Å². The van der Waals surface area contributed by atoms with Crippen molar-refractivity contribution in [1.29, 1.82) is 0 Å². The van der Waals surface area contributed by atoms with Crippen LogP contribution in [0.1, 0.15) is 31.1 Å². The molecule has 0 unspecified atom stereocenters. The molecule has 36 heavy (non-hydrogen) atoms. The van der Waals surface area contributed by atoms with Crippen LogP contribution < -0.4 is 14.8 Å². The molecule has 2 aromatic heterocycles. The maximum absolute atomic E-state index is 12.7. The highest BCUT2D eigenvalue weighted by molar-refractivity contribution is 6.74. The molecule has 0 spiro atoms. The van der Waals surface area contributed by atoms with Gasteiger partial charge < -0.3 is 19.2 Å². The Morgan fingerprint density at radius 2 is 1.89 bits per heavy atom. The number of halogens is 1. The predicted octanol–water partition coefficient (Wildman–Crippen LogP) is 5.74. The Hall–Kier alpha value is -3.28. The molecule has 1 N–H and O–H groups in total. The summed E-state index contributed by atoms with van der Waals surface area (Å²) in [7, 11) is -0.405. The lowest BCUT2D eigenvalue weighted by Gasteiger charge is -2.36. The Balaban J connectivity index is 1.89. The number of rotatable bonds is 9. The molecule has 10 nitrogen and oxygen atoms in total. The first kappa shape index (κ1) is 27.3. The van der Waals surface area contributed by atoms with Gasteiger partial charge >= 0.3 is 0 Å². The van der Waals surface area contributed by atoms with Gasteiger partial charge in [-0.1, -0.05) is 32.4 Å². The molecule has 192 valence electrons. The monoisotopic (exact) mass is 532 g/mol. The maximum Gasteiger partial charge on any atom is 0.289 e. The number of carbonyl (C=O) groups is 1. The second-order valence-corrected chi connectivity index (χ2v) is 14.8. The highest BCUT2D eigenvalue weighted by atomic mass is 35.5. The molecular weight excluding hydrogens is 504 g/mol. The molecule has 1 aromatic carbocycles. The van der Waals surface area contributed by atoms with Crippen molar-refractivity contribution >= 4 is 42.4 Å². The Kier molecular flexibility index (Phi) is 8.17. The first-order valence-electron chi connectivity index (χ1n) is 11.2. The molecule has 0 aliphatic carbocycles. The van der Waals surface area contributed by atoms with Crippen molar-refractivity contribution < 1.29 is 23.6 Å². The van der Waals surface area contributed by atoms with E-state index in [1.165, 1.54) is 13.2 Å². The van der Waals surface area contributed by atoms with Crippen LogP contribution in [0, 0.1) is 10.1 Å². The van der Waals surface area contributed by atoms with E-state index < -0.39 is 13.2 Å². The van der Waals surface area contributed by atoms with Gasteiger partial charge in [0, 0.05) is 30.8 Å². The molecular formula is C24H29ClN4O6Si. The summed E-state index contributed by atoms with van der Waals surface area (Å²) in [5.41, 5.74) is 0.546. The van der Waals surface area contributed by atoms with E-state index in [1.54, 1.807) is 18.2 Å². The zero-order chi connectivity index (χ0) is 26.7. The summed E-state index contributed by atoms with van der Waals surface area (Å²) >= 11 is 6.13.